The third-order valence-electron chi connectivity index (χ3n) is 7.31. The Hall–Kier alpha value is -2.24. The number of aryl methyl sites for hydroxylation is 1. The molecular weight excluding hydrogens is 438 g/mol. The van der Waals surface area contributed by atoms with Gasteiger partial charge in [-0.1, -0.05) is 36.6 Å². The molecule has 2 amide bonds. The largest absolute Gasteiger partial charge is 0.335 e. The highest BCUT2D eigenvalue weighted by Crippen LogP contribution is 2.44. The number of carbonyl (C=O) groups excluding carboxylic acids is 1. The molecule has 2 aromatic heterocycles. The van der Waals surface area contributed by atoms with Gasteiger partial charge in [0.2, 0.25) is 0 Å². The lowest BCUT2D eigenvalue weighted by Gasteiger charge is -2.32. The molecule has 1 N–H and O–H groups in total. The number of fused-ring (bicyclic) bond motifs is 5. The van der Waals surface area contributed by atoms with E-state index in [-0.39, 0.29) is 12.1 Å². The molecule has 1 aromatic carbocycles. The van der Waals surface area contributed by atoms with Crippen molar-refractivity contribution in [3.8, 4) is 5.00 Å². The molecule has 4 nitrogen and oxygen atoms in total. The van der Waals surface area contributed by atoms with E-state index in [1.165, 1.54) is 53.1 Å². The van der Waals surface area contributed by atoms with Gasteiger partial charge in [0.25, 0.3) is 0 Å². The fraction of sp³-hybridized carbons (Fsp3) is 0.423. The summed E-state index contributed by atoms with van der Waals surface area (Å²) in [4.78, 5) is 17.4. The number of hydrogen-bond acceptors (Lipinski definition) is 2. The molecule has 6 rings (SSSR count). The Labute approximate surface area is 198 Å². The van der Waals surface area contributed by atoms with Gasteiger partial charge in [0.15, 0.2) is 0 Å². The van der Waals surface area contributed by atoms with Crippen molar-refractivity contribution >= 4 is 29.0 Å². The van der Waals surface area contributed by atoms with Crippen molar-refractivity contribution in [3.63, 3.8) is 0 Å². The van der Waals surface area contributed by atoms with Gasteiger partial charge in [-0.05, 0) is 73.9 Å². The molecule has 0 bridgehead atoms. The summed E-state index contributed by atoms with van der Waals surface area (Å²) in [6.45, 7) is 0.648. The summed E-state index contributed by atoms with van der Waals surface area (Å²) >= 11 is 8.14. The summed E-state index contributed by atoms with van der Waals surface area (Å²) in [5, 5.41) is 5.38. The second kappa shape index (κ2) is 8.27. The third kappa shape index (κ3) is 3.46. The molecule has 3 aromatic rings. The summed E-state index contributed by atoms with van der Waals surface area (Å²) in [6.07, 6.45) is 11.5. The number of amides is 2. The third-order valence-corrected chi connectivity index (χ3v) is 8.89. The monoisotopic (exact) mass is 465 g/mol. The maximum Gasteiger partial charge on any atom is 0.318 e. The van der Waals surface area contributed by atoms with Crippen LogP contribution in [-0.4, -0.2) is 21.5 Å². The molecule has 1 aliphatic heterocycles. The van der Waals surface area contributed by atoms with Crippen molar-refractivity contribution in [1.29, 1.82) is 0 Å². The fourth-order valence-electron chi connectivity index (χ4n) is 5.71. The van der Waals surface area contributed by atoms with Crippen molar-refractivity contribution in [2.45, 2.75) is 70.0 Å². The first kappa shape index (κ1) is 20.4. The number of thiophene rings is 1. The van der Waals surface area contributed by atoms with Crippen molar-refractivity contribution in [2.75, 3.05) is 0 Å². The second-order valence-electron chi connectivity index (χ2n) is 9.31. The molecule has 1 saturated carbocycles. The van der Waals surface area contributed by atoms with Gasteiger partial charge < -0.3 is 14.8 Å². The van der Waals surface area contributed by atoms with Crippen molar-refractivity contribution in [1.82, 2.24) is 14.8 Å². The number of hydrogen-bond donors (Lipinski definition) is 1. The molecule has 0 spiro atoms. The zero-order valence-electron chi connectivity index (χ0n) is 18.1. The number of rotatable bonds is 2. The van der Waals surface area contributed by atoms with Gasteiger partial charge >= 0.3 is 6.03 Å². The summed E-state index contributed by atoms with van der Waals surface area (Å²) in [6, 6.07) is 12.5. The summed E-state index contributed by atoms with van der Waals surface area (Å²) in [5.41, 5.74) is 5.08. The highest BCUT2D eigenvalue weighted by atomic mass is 35.5. The van der Waals surface area contributed by atoms with Gasteiger partial charge in [-0.2, -0.15) is 0 Å². The van der Waals surface area contributed by atoms with Gasteiger partial charge in [-0.3, -0.25) is 0 Å². The average molecular weight is 466 g/mol. The van der Waals surface area contributed by atoms with Crippen LogP contribution in [0.25, 0.3) is 5.00 Å². The quantitative estimate of drug-likeness (QED) is 0.453. The summed E-state index contributed by atoms with van der Waals surface area (Å²) in [5.74, 6) is 0. The lowest BCUT2D eigenvalue weighted by atomic mass is 9.95. The molecule has 166 valence electrons. The highest BCUT2D eigenvalue weighted by molar-refractivity contribution is 7.15. The summed E-state index contributed by atoms with van der Waals surface area (Å²) < 4.78 is 2.33. The van der Waals surface area contributed by atoms with Crippen LogP contribution in [0.3, 0.4) is 0 Å². The maximum atomic E-state index is 13.8. The van der Waals surface area contributed by atoms with Crippen LogP contribution in [0.5, 0.6) is 0 Å². The normalized spacial score (nSPS) is 20.4. The molecule has 2 aliphatic carbocycles. The fourth-order valence-corrected chi connectivity index (χ4v) is 7.24. The van der Waals surface area contributed by atoms with E-state index in [2.05, 4.69) is 45.2 Å². The highest BCUT2D eigenvalue weighted by Gasteiger charge is 2.36. The number of aromatic nitrogens is 1. The van der Waals surface area contributed by atoms with E-state index in [1.807, 2.05) is 23.5 Å². The van der Waals surface area contributed by atoms with Gasteiger partial charge in [0, 0.05) is 27.7 Å². The van der Waals surface area contributed by atoms with Crippen LogP contribution < -0.4 is 5.32 Å². The molecule has 6 heteroatoms. The van der Waals surface area contributed by atoms with Crippen LogP contribution in [0, 0.1) is 0 Å². The van der Waals surface area contributed by atoms with Crippen LogP contribution in [0.15, 0.2) is 42.6 Å². The SMILES string of the molecule is O=C(NC1CCCC1)N1Cc2c(sc3c2CCCC3)-n2cccc2C1c1ccc(Cl)cc1. The Balaban J connectivity index is 1.49. The Morgan fingerprint density at radius 3 is 2.59 bits per heavy atom. The average Bonchev–Trinajstić information content (AvgIpc) is 3.54. The minimum atomic E-state index is -0.150. The van der Waals surface area contributed by atoms with Crippen LogP contribution in [-0.2, 0) is 19.4 Å². The molecule has 0 saturated heterocycles. The summed E-state index contributed by atoms with van der Waals surface area (Å²) in [7, 11) is 0. The van der Waals surface area contributed by atoms with Gasteiger partial charge in [0.1, 0.15) is 5.00 Å². The lowest BCUT2D eigenvalue weighted by Crippen LogP contribution is -2.45. The van der Waals surface area contributed by atoms with E-state index in [1.54, 1.807) is 0 Å². The molecule has 0 radical (unpaired) electrons. The zero-order valence-corrected chi connectivity index (χ0v) is 19.7. The van der Waals surface area contributed by atoms with Crippen LogP contribution in [0.2, 0.25) is 5.02 Å². The number of urea groups is 1. The molecule has 1 atom stereocenters. The molecule has 1 fully saturated rings. The Kier molecular flexibility index (Phi) is 5.27. The van der Waals surface area contributed by atoms with E-state index < -0.39 is 0 Å². The number of nitrogens with zero attached hydrogens (tertiary/aromatic N) is 2. The molecular formula is C26H28ClN3OS. The Bertz CT molecular complexity index is 1140. The van der Waals surface area contributed by atoms with E-state index in [0.29, 0.717) is 17.6 Å². The Morgan fingerprint density at radius 1 is 1.00 bits per heavy atom. The van der Waals surface area contributed by atoms with Crippen molar-refractivity contribution < 1.29 is 4.79 Å². The number of carbonyl (C=O) groups is 1. The van der Waals surface area contributed by atoms with Crippen LogP contribution >= 0.6 is 22.9 Å². The van der Waals surface area contributed by atoms with Gasteiger partial charge in [-0.15, -0.1) is 11.3 Å². The molecule has 3 aliphatic rings. The molecule has 3 heterocycles. The Morgan fingerprint density at radius 2 is 1.78 bits per heavy atom. The minimum Gasteiger partial charge on any atom is -0.335 e. The predicted octanol–water partition coefficient (Wildman–Crippen LogP) is 6.63. The van der Waals surface area contributed by atoms with Crippen molar-refractivity contribution in [3.05, 3.63) is 74.9 Å². The number of nitrogens with one attached hydrogen (secondary N) is 1. The van der Waals surface area contributed by atoms with E-state index in [9.17, 15) is 4.79 Å². The van der Waals surface area contributed by atoms with E-state index >= 15 is 0 Å². The number of benzene rings is 1. The predicted molar refractivity (Wildman–Crippen MR) is 130 cm³/mol. The van der Waals surface area contributed by atoms with E-state index in [4.69, 9.17) is 11.6 Å². The first-order chi connectivity index (χ1) is 15.7. The zero-order chi connectivity index (χ0) is 21.7. The first-order valence-corrected chi connectivity index (χ1v) is 13.0. The first-order valence-electron chi connectivity index (χ1n) is 11.8. The number of halogens is 1. The smallest absolute Gasteiger partial charge is 0.318 e. The van der Waals surface area contributed by atoms with Gasteiger partial charge in [-0.25, -0.2) is 4.79 Å². The topological polar surface area (TPSA) is 37.3 Å². The maximum absolute atomic E-state index is 13.8. The van der Waals surface area contributed by atoms with E-state index in [0.717, 1.165) is 30.5 Å². The molecule has 1 unspecified atom stereocenters. The van der Waals surface area contributed by atoms with Crippen LogP contribution in [0.1, 0.15) is 71.8 Å². The standard InChI is InChI=1S/C26H28ClN3OS/c27-18-13-11-17(12-14-18)24-22-9-5-15-29(22)25-21(20-8-3-4-10-23(20)32-25)16-30(24)26(31)28-19-6-1-2-7-19/h5,9,11-15,19,24H,1-4,6-8,10,16H2,(H,28,31). The molecule has 32 heavy (non-hydrogen) atoms. The van der Waals surface area contributed by atoms with Crippen molar-refractivity contribution in [2.24, 2.45) is 0 Å². The van der Waals surface area contributed by atoms with Crippen LogP contribution in [0.4, 0.5) is 4.79 Å². The minimum absolute atomic E-state index is 0.0493. The second-order valence-corrected chi connectivity index (χ2v) is 10.8. The van der Waals surface area contributed by atoms with Gasteiger partial charge in [0.05, 0.1) is 18.3 Å². The lowest BCUT2D eigenvalue weighted by molar-refractivity contribution is 0.176.